The Morgan fingerprint density at radius 1 is 1.18 bits per heavy atom. The van der Waals surface area contributed by atoms with Crippen LogP contribution in [0.4, 0.5) is 0 Å². The van der Waals surface area contributed by atoms with Crippen LogP contribution in [0.15, 0.2) is 42.5 Å². The molecule has 2 bridgehead atoms. The van der Waals surface area contributed by atoms with Gasteiger partial charge in [-0.1, -0.05) is 44.2 Å². The number of hydrogen-bond acceptors (Lipinski definition) is 6. The highest BCUT2D eigenvalue weighted by atomic mass is 32.2. The minimum atomic E-state index is -3.60. The SMILES string of the molecule is CC(=O)Oc1ccc2c3c1C[C@@H]1[C@@H]4CC[C@H](N(CC(C)C)S(=O)(=O)Cc5ccccc5)[C@H](O2)[C@]34CCN1C. The van der Waals surface area contributed by atoms with Crippen LogP contribution in [0.1, 0.15) is 56.7 Å². The van der Waals surface area contributed by atoms with E-state index in [0.717, 1.165) is 49.1 Å². The molecule has 4 aliphatic rings. The first-order chi connectivity index (χ1) is 18.1. The number of rotatable bonds is 7. The molecule has 204 valence electrons. The Bertz CT molecular complexity index is 1340. The number of hydrogen-bond donors (Lipinski definition) is 0. The molecule has 0 N–H and O–H groups in total. The summed E-state index contributed by atoms with van der Waals surface area (Å²) in [6.07, 6.45) is 3.19. The first kappa shape index (κ1) is 25.8. The molecule has 38 heavy (non-hydrogen) atoms. The van der Waals surface area contributed by atoms with E-state index in [-0.39, 0.29) is 35.2 Å². The summed E-state index contributed by atoms with van der Waals surface area (Å²) in [6.45, 7) is 7.00. The zero-order chi connectivity index (χ0) is 26.8. The number of piperidine rings is 1. The third kappa shape index (κ3) is 3.98. The number of sulfonamides is 1. The first-order valence-corrected chi connectivity index (χ1v) is 15.5. The van der Waals surface area contributed by atoms with Crippen molar-refractivity contribution in [2.45, 2.75) is 75.8 Å². The summed E-state index contributed by atoms with van der Waals surface area (Å²) in [4.78, 5) is 14.4. The second-order valence-corrected chi connectivity index (χ2v) is 14.0. The van der Waals surface area contributed by atoms with Gasteiger partial charge in [-0.15, -0.1) is 0 Å². The highest BCUT2D eigenvalue weighted by Crippen LogP contribution is 2.63. The van der Waals surface area contributed by atoms with E-state index >= 15 is 0 Å². The van der Waals surface area contributed by atoms with E-state index in [9.17, 15) is 13.2 Å². The fraction of sp³-hybridized carbons (Fsp3) is 0.567. The Morgan fingerprint density at radius 3 is 2.66 bits per heavy atom. The van der Waals surface area contributed by atoms with Crippen LogP contribution in [-0.2, 0) is 32.4 Å². The number of benzene rings is 2. The lowest BCUT2D eigenvalue weighted by atomic mass is 9.51. The predicted molar refractivity (Wildman–Crippen MR) is 146 cm³/mol. The fourth-order valence-corrected chi connectivity index (χ4v) is 9.87. The molecule has 7 nitrogen and oxygen atoms in total. The van der Waals surface area contributed by atoms with Gasteiger partial charge >= 0.3 is 5.97 Å². The zero-order valence-electron chi connectivity index (χ0n) is 22.7. The molecule has 0 radical (unpaired) electrons. The average Bonchev–Trinajstić information content (AvgIpc) is 3.20. The number of nitrogens with zero attached hydrogens (tertiary/aromatic N) is 2. The van der Waals surface area contributed by atoms with Crippen LogP contribution in [0.2, 0.25) is 0 Å². The highest BCUT2D eigenvalue weighted by Gasteiger charge is 2.66. The van der Waals surface area contributed by atoms with E-state index in [1.54, 1.807) is 4.31 Å². The molecule has 6 rings (SSSR count). The maximum absolute atomic E-state index is 14.1. The Morgan fingerprint density at radius 2 is 1.95 bits per heavy atom. The molecule has 2 heterocycles. The molecule has 2 aliphatic heterocycles. The summed E-state index contributed by atoms with van der Waals surface area (Å²) in [5.74, 6) is 1.68. The van der Waals surface area contributed by atoms with Crippen molar-refractivity contribution in [2.75, 3.05) is 20.1 Å². The van der Waals surface area contributed by atoms with Gasteiger partial charge in [0.15, 0.2) is 0 Å². The van der Waals surface area contributed by atoms with Gasteiger partial charge < -0.3 is 14.4 Å². The van der Waals surface area contributed by atoms with Crippen molar-refractivity contribution < 1.29 is 22.7 Å². The normalized spacial score (nSPS) is 29.7. The molecule has 0 unspecified atom stereocenters. The van der Waals surface area contributed by atoms with E-state index in [4.69, 9.17) is 9.47 Å². The molecule has 0 amide bonds. The van der Waals surface area contributed by atoms with Crippen LogP contribution in [0.5, 0.6) is 11.5 Å². The Kier molecular flexibility index (Phi) is 6.36. The Labute approximate surface area is 226 Å². The van der Waals surface area contributed by atoms with E-state index < -0.39 is 10.0 Å². The molecule has 0 aromatic heterocycles. The summed E-state index contributed by atoms with van der Waals surface area (Å²) >= 11 is 0. The topological polar surface area (TPSA) is 76.1 Å². The van der Waals surface area contributed by atoms with E-state index in [0.29, 0.717) is 24.3 Å². The molecule has 2 aromatic rings. The van der Waals surface area contributed by atoms with Gasteiger partial charge in [-0.3, -0.25) is 4.79 Å². The number of ether oxygens (including phenoxy) is 2. The molecular weight excluding hydrogens is 500 g/mol. The minimum absolute atomic E-state index is 0.0135. The number of carbonyl (C=O) groups excluding carboxylic acids is 1. The Balaban J connectivity index is 1.45. The Hall–Kier alpha value is -2.42. The lowest BCUT2D eigenvalue weighted by Crippen LogP contribution is -2.68. The highest BCUT2D eigenvalue weighted by molar-refractivity contribution is 7.88. The minimum Gasteiger partial charge on any atom is -0.487 e. The van der Waals surface area contributed by atoms with Gasteiger partial charge in [-0.05, 0) is 68.8 Å². The van der Waals surface area contributed by atoms with Crippen LogP contribution in [0, 0.1) is 11.8 Å². The summed E-state index contributed by atoms with van der Waals surface area (Å²) in [6, 6.07) is 13.3. The summed E-state index contributed by atoms with van der Waals surface area (Å²) in [5.41, 5.74) is 2.76. The number of likely N-dealkylation sites (tertiary alicyclic amines) is 1. The van der Waals surface area contributed by atoms with Crippen LogP contribution >= 0.6 is 0 Å². The van der Waals surface area contributed by atoms with Crippen LogP contribution in [-0.4, -0.2) is 61.9 Å². The molecule has 2 aromatic carbocycles. The maximum atomic E-state index is 14.1. The van der Waals surface area contributed by atoms with Crippen LogP contribution < -0.4 is 9.47 Å². The van der Waals surface area contributed by atoms with E-state index in [1.807, 2.05) is 42.5 Å². The second-order valence-electron chi connectivity index (χ2n) is 12.0. The van der Waals surface area contributed by atoms with Gasteiger partial charge in [0.1, 0.15) is 17.6 Å². The number of carbonyl (C=O) groups is 1. The summed E-state index contributed by atoms with van der Waals surface area (Å²) in [5, 5.41) is 0. The largest absolute Gasteiger partial charge is 0.487 e. The second kappa shape index (κ2) is 9.35. The van der Waals surface area contributed by atoms with Gasteiger partial charge in [0, 0.05) is 36.1 Å². The molecular formula is C30H38N2O5S. The van der Waals surface area contributed by atoms with Crippen molar-refractivity contribution >= 4 is 16.0 Å². The van der Waals surface area contributed by atoms with E-state index in [2.05, 4.69) is 25.8 Å². The third-order valence-corrected chi connectivity index (χ3v) is 11.1. The lowest BCUT2D eigenvalue weighted by Gasteiger charge is -2.60. The van der Waals surface area contributed by atoms with Gasteiger partial charge in [0.2, 0.25) is 10.0 Å². The third-order valence-electron chi connectivity index (χ3n) is 9.28. The molecule has 2 aliphatic carbocycles. The zero-order valence-corrected chi connectivity index (χ0v) is 23.5. The summed E-state index contributed by atoms with van der Waals surface area (Å²) < 4.78 is 42.4. The van der Waals surface area contributed by atoms with Gasteiger partial charge in [-0.2, -0.15) is 4.31 Å². The molecule has 8 heteroatoms. The molecule has 1 saturated heterocycles. The average molecular weight is 539 g/mol. The standard InChI is InChI=1S/C30H38N2O5S/c1-19(2)17-32(38(34,35)18-21-8-6-5-7-9-21)24-11-10-23-25-16-22-26(36-20(3)33)12-13-27-28(22)30(23,29(24)37-27)14-15-31(25)4/h5-9,12-13,19,23-25,29H,10-11,14-18H2,1-4H3/t23-,24-,25+,29-,30-/m0/s1. The quantitative estimate of drug-likeness (QED) is 0.390. The van der Waals surface area contributed by atoms with Gasteiger partial charge in [0.25, 0.3) is 0 Å². The van der Waals surface area contributed by atoms with Crippen molar-refractivity contribution in [3.05, 3.63) is 59.2 Å². The van der Waals surface area contributed by atoms with Crippen molar-refractivity contribution in [3.63, 3.8) is 0 Å². The maximum Gasteiger partial charge on any atom is 0.308 e. The number of likely N-dealkylation sites (N-methyl/N-ethyl adjacent to an activating group) is 1. The first-order valence-electron chi connectivity index (χ1n) is 13.9. The fourth-order valence-electron chi connectivity index (χ4n) is 7.94. The van der Waals surface area contributed by atoms with Crippen LogP contribution in [0.25, 0.3) is 0 Å². The van der Waals surface area contributed by atoms with Crippen molar-refractivity contribution in [3.8, 4) is 11.5 Å². The predicted octanol–water partition coefficient (Wildman–Crippen LogP) is 4.14. The smallest absolute Gasteiger partial charge is 0.308 e. The van der Waals surface area contributed by atoms with Gasteiger partial charge in [-0.25, -0.2) is 8.42 Å². The lowest BCUT2D eigenvalue weighted by molar-refractivity contribution is -0.132. The van der Waals surface area contributed by atoms with Crippen molar-refractivity contribution in [1.82, 2.24) is 9.21 Å². The molecule has 5 atom stereocenters. The monoisotopic (exact) mass is 538 g/mol. The van der Waals surface area contributed by atoms with Crippen molar-refractivity contribution in [1.29, 1.82) is 0 Å². The van der Waals surface area contributed by atoms with Crippen molar-refractivity contribution in [2.24, 2.45) is 11.8 Å². The molecule has 2 fully saturated rings. The van der Waals surface area contributed by atoms with Gasteiger partial charge in [0.05, 0.1) is 11.8 Å². The molecule has 1 saturated carbocycles. The van der Waals surface area contributed by atoms with Crippen LogP contribution in [0.3, 0.4) is 0 Å². The number of esters is 1. The molecule has 1 spiro atoms. The summed E-state index contributed by atoms with van der Waals surface area (Å²) in [7, 11) is -1.41. The van der Waals surface area contributed by atoms with E-state index in [1.165, 1.54) is 12.5 Å².